The summed E-state index contributed by atoms with van der Waals surface area (Å²) in [5.41, 5.74) is 1.47. The molecule has 1 aliphatic rings. The van der Waals surface area contributed by atoms with Crippen molar-refractivity contribution in [1.82, 2.24) is 4.90 Å². The molecule has 0 aromatic heterocycles. The fraction of sp³-hybridized carbons (Fsp3) is 0.304. The van der Waals surface area contributed by atoms with Gasteiger partial charge in [-0.3, -0.25) is 9.59 Å². The molecule has 0 radical (unpaired) electrons. The number of carboxylic acids is 1. The maximum atomic E-state index is 13.3. The van der Waals surface area contributed by atoms with E-state index in [1.54, 1.807) is 23.8 Å². The number of hydrogen-bond donors (Lipinski definition) is 1. The second-order valence-electron chi connectivity index (χ2n) is 6.94. The Kier molecular flexibility index (Phi) is 7.36. The van der Waals surface area contributed by atoms with Crippen molar-refractivity contribution in [2.75, 3.05) is 26.0 Å². The Balaban J connectivity index is 1.86. The highest BCUT2D eigenvalue weighted by molar-refractivity contribution is 7.99. The van der Waals surface area contributed by atoms with Crippen LogP contribution in [0.3, 0.4) is 0 Å². The Hall–Kier alpha value is -2.73. The van der Waals surface area contributed by atoms with Crippen LogP contribution in [-0.2, 0) is 9.59 Å². The van der Waals surface area contributed by atoms with Gasteiger partial charge in [-0.2, -0.15) is 0 Å². The third-order valence-electron chi connectivity index (χ3n) is 4.94. The second kappa shape index (κ2) is 10.2. The van der Waals surface area contributed by atoms with Crippen LogP contribution < -0.4 is 4.74 Å². The van der Waals surface area contributed by atoms with E-state index in [2.05, 4.69) is 0 Å². The minimum atomic E-state index is -0.837. The van der Waals surface area contributed by atoms with Gasteiger partial charge in [0.2, 0.25) is 0 Å². The van der Waals surface area contributed by atoms with Gasteiger partial charge in [0.25, 0.3) is 5.91 Å². The first-order chi connectivity index (χ1) is 14.1. The van der Waals surface area contributed by atoms with Crippen molar-refractivity contribution in [2.24, 2.45) is 5.92 Å². The summed E-state index contributed by atoms with van der Waals surface area (Å²) in [4.78, 5) is 27.5. The Morgan fingerprint density at radius 1 is 1.17 bits per heavy atom. The van der Waals surface area contributed by atoms with Crippen LogP contribution in [0.5, 0.6) is 5.75 Å². The molecule has 0 unspecified atom stereocenters. The van der Waals surface area contributed by atoms with Gasteiger partial charge >= 0.3 is 5.97 Å². The minimum Gasteiger partial charge on any atom is -0.496 e. The van der Waals surface area contributed by atoms with E-state index in [1.807, 2.05) is 60.7 Å². The topological polar surface area (TPSA) is 66.8 Å². The van der Waals surface area contributed by atoms with E-state index in [1.165, 1.54) is 0 Å². The molecule has 0 saturated carbocycles. The molecule has 0 spiro atoms. The van der Waals surface area contributed by atoms with Crippen molar-refractivity contribution in [3.63, 3.8) is 0 Å². The van der Waals surface area contributed by atoms with E-state index >= 15 is 0 Å². The fourth-order valence-corrected chi connectivity index (χ4v) is 4.26. The third kappa shape index (κ3) is 5.64. The number of ether oxygens (including phenoxy) is 1. The highest BCUT2D eigenvalue weighted by Crippen LogP contribution is 2.27. The standard InChI is InChI=1S/C23H25NO4S/c1-28-21-12-6-5-8-17(21)14-19(16-29-20-10-3-2-4-11-20)22(25)24-13-7-9-18(15-24)23(26)27/h2-6,8,10-12,14,18H,7,9,13,15-16H2,1H3,(H,26,27)/b19-14+/t18-/m0/s1. The van der Waals surface area contributed by atoms with Gasteiger partial charge in [-0.05, 0) is 37.1 Å². The second-order valence-corrected chi connectivity index (χ2v) is 7.99. The van der Waals surface area contributed by atoms with Gasteiger partial charge in [0, 0.05) is 34.9 Å². The van der Waals surface area contributed by atoms with Gasteiger partial charge < -0.3 is 14.7 Å². The van der Waals surface area contributed by atoms with Crippen molar-refractivity contribution in [3.8, 4) is 5.75 Å². The quantitative estimate of drug-likeness (QED) is 0.547. The van der Waals surface area contributed by atoms with Crippen LogP contribution in [0.2, 0.25) is 0 Å². The van der Waals surface area contributed by atoms with Crippen molar-refractivity contribution in [3.05, 3.63) is 65.7 Å². The number of rotatable bonds is 7. The summed E-state index contributed by atoms with van der Waals surface area (Å²) in [7, 11) is 1.61. The predicted molar refractivity (Wildman–Crippen MR) is 115 cm³/mol. The van der Waals surface area contributed by atoms with E-state index in [0.717, 1.165) is 10.5 Å². The van der Waals surface area contributed by atoms with Gasteiger partial charge in [0.05, 0.1) is 13.0 Å². The van der Waals surface area contributed by atoms with E-state index in [9.17, 15) is 14.7 Å². The smallest absolute Gasteiger partial charge is 0.308 e. The van der Waals surface area contributed by atoms with Gasteiger partial charge in [-0.15, -0.1) is 11.8 Å². The lowest BCUT2D eigenvalue weighted by atomic mass is 9.97. The van der Waals surface area contributed by atoms with E-state index in [-0.39, 0.29) is 12.5 Å². The lowest BCUT2D eigenvalue weighted by molar-refractivity contribution is -0.145. The highest BCUT2D eigenvalue weighted by atomic mass is 32.2. The van der Waals surface area contributed by atoms with Crippen LogP contribution in [0.1, 0.15) is 18.4 Å². The molecule has 0 aliphatic carbocycles. The van der Waals surface area contributed by atoms with Gasteiger partial charge in [0.1, 0.15) is 5.75 Å². The number of hydrogen-bond acceptors (Lipinski definition) is 4. The number of carbonyl (C=O) groups is 2. The first-order valence-electron chi connectivity index (χ1n) is 9.62. The Labute approximate surface area is 175 Å². The number of thioether (sulfide) groups is 1. The molecule has 1 N–H and O–H groups in total. The van der Waals surface area contributed by atoms with Gasteiger partial charge in [-0.1, -0.05) is 36.4 Å². The number of nitrogens with zero attached hydrogens (tertiary/aromatic N) is 1. The number of amides is 1. The minimum absolute atomic E-state index is 0.106. The molecule has 3 rings (SSSR count). The van der Waals surface area contributed by atoms with E-state index < -0.39 is 11.9 Å². The maximum absolute atomic E-state index is 13.3. The molecule has 29 heavy (non-hydrogen) atoms. The zero-order chi connectivity index (χ0) is 20.6. The van der Waals surface area contributed by atoms with Crippen molar-refractivity contribution < 1.29 is 19.4 Å². The molecule has 1 fully saturated rings. The lowest BCUT2D eigenvalue weighted by Gasteiger charge is -2.31. The van der Waals surface area contributed by atoms with E-state index in [0.29, 0.717) is 36.5 Å². The van der Waals surface area contributed by atoms with Crippen LogP contribution in [0.4, 0.5) is 0 Å². The zero-order valence-electron chi connectivity index (χ0n) is 16.4. The molecule has 1 atom stereocenters. The normalized spacial score (nSPS) is 17.1. The van der Waals surface area contributed by atoms with E-state index in [4.69, 9.17) is 4.74 Å². The summed E-state index contributed by atoms with van der Waals surface area (Å²) in [6.45, 7) is 0.843. The molecule has 0 bridgehead atoms. The summed E-state index contributed by atoms with van der Waals surface area (Å²) in [6.07, 6.45) is 3.18. The predicted octanol–water partition coefficient (Wildman–Crippen LogP) is 4.19. The average Bonchev–Trinajstić information content (AvgIpc) is 2.77. The number of methoxy groups -OCH3 is 1. The molecule has 2 aromatic rings. The fourth-order valence-electron chi connectivity index (χ4n) is 3.38. The van der Waals surface area contributed by atoms with Gasteiger partial charge in [0.15, 0.2) is 0 Å². The number of aliphatic carboxylic acids is 1. The number of likely N-dealkylation sites (tertiary alicyclic amines) is 1. The van der Waals surface area contributed by atoms with Gasteiger partial charge in [-0.25, -0.2) is 0 Å². The van der Waals surface area contributed by atoms with Crippen LogP contribution in [0.15, 0.2) is 65.1 Å². The summed E-state index contributed by atoms with van der Waals surface area (Å²) < 4.78 is 5.43. The number of para-hydroxylation sites is 1. The van der Waals surface area contributed by atoms with Crippen molar-refractivity contribution in [2.45, 2.75) is 17.7 Å². The number of carbonyl (C=O) groups excluding carboxylic acids is 1. The molecule has 1 aliphatic heterocycles. The molecule has 1 saturated heterocycles. The molecule has 5 nitrogen and oxygen atoms in total. The first kappa shape index (κ1) is 21.0. The number of benzene rings is 2. The lowest BCUT2D eigenvalue weighted by Crippen LogP contribution is -2.43. The molecule has 1 heterocycles. The maximum Gasteiger partial charge on any atom is 0.308 e. The molecular weight excluding hydrogens is 386 g/mol. The number of piperidine rings is 1. The molecule has 1 amide bonds. The summed E-state index contributed by atoms with van der Waals surface area (Å²) >= 11 is 1.59. The van der Waals surface area contributed by atoms with Crippen LogP contribution in [0.25, 0.3) is 6.08 Å². The molecular formula is C23H25NO4S. The first-order valence-corrected chi connectivity index (χ1v) is 10.6. The molecule has 6 heteroatoms. The number of carboxylic acid groups (broad SMARTS) is 1. The largest absolute Gasteiger partial charge is 0.496 e. The monoisotopic (exact) mass is 411 g/mol. The van der Waals surface area contributed by atoms with Crippen LogP contribution in [-0.4, -0.2) is 47.8 Å². The molecule has 2 aromatic carbocycles. The van der Waals surface area contributed by atoms with Crippen molar-refractivity contribution >= 4 is 29.7 Å². The highest BCUT2D eigenvalue weighted by Gasteiger charge is 2.29. The van der Waals surface area contributed by atoms with Crippen molar-refractivity contribution in [1.29, 1.82) is 0 Å². The molecule has 152 valence electrons. The van der Waals surface area contributed by atoms with Crippen LogP contribution in [0, 0.1) is 5.92 Å². The SMILES string of the molecule is COc1ccccc1/C=C(\CSc1ccccc1)C(=O)N1CCC[C@H](C(=O)O)C1. The third-order valence-corrected chi connectivity index (χ3v) is 6.00. The zero-order valence-corrected chi connectivity index (χ0v) is 17.2. The Morgan fingerprint density at radius 2 is 1.90 bits per heavy atom. The summed E-state index contributed by atoms with van der Waals surface area (Å²) in [6, 6.07) is 17.5. The van der Waals surface area contributed by atoms with Crippen LogP contribution >= 0.6 is 11.8 Å². The Bertz CT molecular complexity index is 881. The average molecular weight is 412 g/mol. The summed E-state index contributed by atoms with van der Waals surface area (Å²) in [5, 5.41) is 9.36. The summed E-state index contributed by atoms with van der Waals surface area (Å²) in [5.74, 6) is -0.247. The Morgan fingerprint density at radius 3 is 2.62 bits per heavy atom.